The number of ether oxygens (including phenoxy) is 2. The van der Waals surface area contributed by atoms with Crippen LogP contribution in [-0.2, 0) is 19.1 Å². The predicted octanol–water partition coefficient (Wildman–Crippen LogP) is 0.573. The molecule has 0 aromatic rings. The van der Waals surface area contributed by atoms with Crippen LogP contribution < -0.4 is 0 Å². The van der Waals surface area contributed by atoms with Crippen LogP contribution in [0, 0.1) is 11.3 Å². The predicted molar refractivity (Wildman–Crippen MR) is 46.2 cm³/mol. The first-order valence-electron chi connectivity index (χ1n) is 4.00. The van der Waals surface area contributed by atoms with Gasteiger partial charge < -0.3 is 9.47 Å². The van der Waals surface area contributed by atoms with E-state index in [9.17, 15) is 22.8 Å². The largest absolute Gasteiger partial charge is 0.468 e. The highest BCUT2D eigenvalue weighted by molar-refractivity contribution is 6.20. The Kier molecular flexibility index (Phi) is 5.09. The van der Waals surface area contributed by atoms with Gasteiger partial charge in [0.15, 0.2) is 11.7 Å². The number of carbonyl (C=O) groups is 2. The molecule has 0 aromatic carbocycles. The number of hydrogen-bond donors (Lipinski definition) is 1. The van der Waals surface area contributed by atoms with Crippen molar-refractivity contribution in [1.82, 2.24) is 0 Å². The summed E-state index contributed by atoms with van der Waals surface area (Å²) in [5.41, 5.74) is -1.96. The van der Waals surface area contributed by atoms with E-state index in [1.165, 1.54) is 0 Å². The molecule has 0 rings (SSSR count). The lowest BCUT2D eigenvalue weighted by Crippen LogP contribution is -2.41. The summed E-state index contributed by atoms with van der Waals surface area (Å²) in [6, 6.07) is 0. The molecule has 0 radical (unpaired) electrons. The average molecular weight is 241 g/mol. The van der Waals surface area contributed by atoms with Gasteiger partial charge >= 0.3 is 12.1 Å². The van der Waals surface area contributed by atoms with Crippen LogP contribution in [0.4, 0.5) is 13.2 Å². The van der Waals surface area contributed by atoms with E-state index in [-0.39, 0.29) is 0 Å². The third kappa shape index (κ3) is 3.61. The van der Waals surface area contributed by atoms with Crippen LogP contribution in [0.5, 0.6) is 0 Å². The Morgan fingerprint density at radius 3 is 2.12 bits per heavy atom. The van der Waals surface area contributed by atoms with Crippen LogP contribution >= 0.6 is 0 Å². The summed E-state index contributed by atoms with van der Waals surface area (Å²) >= 11 is 0. The molecular formula is C8H10F3NO4. The number of ketones is 1. The van der Waals surface area contributed by atoms with Crippen molar-refractivity contribution in [2.24, 2.45) is 5.92 Å². The summed E-state index contributed by atoms with van der Waals surface area (Å²) in [7, 11) is 1.92. The first-order valence-corrected chi connectivity index (χ1v) is 4.00. The third-order valence-corrected chi connectivity index (χ3v) is 1.64. The molecule has 92 valence electrons. The molecular weight excluding hydrogens is 231 g/mol. The van der Waals surface area contributed by atoms with Gasteiger partial charge in [0.1, 0.15) is 12.3 Å². The first kappa shape index (κ1) is 14.6. The molecule has 0 bridgehead atoms. The van der Waals surface area contributed by atoms with Crippen molar-refractivity contribution < 1.29 is 32.2 Å². The van der Waals surface area contributed by atoms with Crippen molar-refractivity contribution in [1.29, 1.82) is 5.41 Å². The van der Waals surface area contributed by atoms with Gasteiger partial charge in [0.05, 0.1) is 7.11 Å². The Balaban J connectivity index is 5.03. The summed E-state index contributed by atoms with van der Waals surface area (Å²) < 4.78 is 44.9. The highest BCUT2D eigenvalue weighted by Crippen LogP contribution is 2.22. The Morgan fingerprint density at radius 1 is 1.31 bits per heavy atom. The maximum atomic E-state index is 12.2. The van der Waals surface area contributed by atoms with Crippen LogP contribution in [-0.4, -0.2) is 44.5 Å². The molecule has 5 nitrogen and oxygen atoms in total. The monoisotopic (exact) mass is 241 g/mol. The Morgan fingerprint density at radius 2 is 1.81 bits per heavy atom. The van der Waals surface area contributed by atoms with Crippen molar-refractivity contribution in [3.63, 3.8) is 0 Å². The van der Waals surface area contributed by atoms with Crippen LogP contribution in [0.3, 0.4) is 0 Å². The summed E-state index contributed by atoms with van der Waals surface area (Å²) in [5, 5.41) is 6.74. The number of carbonyl (C=O) groups excluding carboxylic acids is 2. The minimum Gasteiger partial charge on any atom is -0.468 e. The van der Waals surface area contributed by atoms with Gasteiger partial charge in [-0.25, -0.2) is 0 Å². The second kappa shape index (κ2) is 5.59. The first-order chi connectivity index (χ1) is 7.25. The molecule has 0 aliphatic carbocycles. The summed E-state index contributed by atoms with van der Waals surface area (Å²) in [5.74, 6) is -4.88. The van der Waals surface area contributed by atoms with E-state index in [0.29, 0.717) is 0 Å². The minimum absolute atomic E-state index is 0.696. The smallest absolute Gasteiger partial charge is 0.430 e. The zero-order valence-corrected chi connectivity index (χ0v) is 8.55. The zero-order valence-electron chi connectivity index (χ0n) is 8.55. The molecule has 0 fully saturated rings. The van der Waals surface area contributed by atoms with Crippen LogP contribution in [0.2, 0.25) is 0 Å². The van der Waals surface area contributed by atoms with E-state index >= 15 is 0 Å². The Bertz CT molecular complexity index is 300. The summed E-state index contributed by atoms with van der Waals surface area (Å²) in [4.78, 5) is 22.1. The van der Waals surface area contributed by atoms with Gasteiger partial charge in [-0.2, -0.15) is 13.2 Å². The van der Waals surface area contributed by atoms with Crippen LogP contribution in [0.1, 0.15) is 0 Å². The van der Waals surface area contributed by atoms with Crippen molar-refractivity contribution >= 4 is 17.5 Å². The molecule has 0 aliphatic heterocycles. The van der Waals surface area contributed by atoms with Crippen LogP contribution in [0.25, 0.3) is 0 Å². The van der Waals surface area contributed by atoms with E-state index in [0.717, 1.165) is 14.2 Å². The lowest BCUT2D eigenvalue weighted by molar-refractivity contribution is -0.149. The molecule has 0 aliphatic rings. The van der Waals surface area contributed by atoms with Gasteiger partial charge in [-0.05, 0) is 0 Å². The number of halogens is 3. The summed E-state index contributed by atoms with van der Waals surface area (Å²) in [6.07, 6.45) is -5.05. The Labute approximate surface area is 89.0 Å². The van der Waals surface area contributed by atoms with Gasteiger partial charge in [-0.1, -0.05) is 0 Å². The lowest BCUT2D eigenvalue weighted by atomic mass is 9.98. The van der Waals surface area contributed by atoms with Gasteiger partial charge in [0, 0.05) is 7.11 Å². The molecule has 0 spiro atoms. The second-order valence-electron chi connectivity index (χ2n) is 2.77. The molecule has 1 atom stereocenters. The number of esters is 1. The molecule has 0 aromatic heterocycles. The number of methoxy groups -OCH3 is 2. The van der Waals surface area contributed by atoms with Gasteiger partial charge in [0.25, 0.3) is 0 Å². The van der Waals surface area contributed by atoms with E-state index < -0.39 is 36.2 Å². The number of rotatable bonds is 5. The molecule has 0 saturated carbocycles. The van der Waals surface area contributed by atoms with E-state index in [1.807, 2.05) is 0 Å². The fourth-order valence-electron chi connectivity index (χ4n) is 0.917. The fraction of sp³-hybridized carbons (Fsp3) is 0.625. The topological polar surface area (TPSA) is 76.5 Å². The lowest BCUT2D eigenvalue weighted by Gasteiger charge is -2.16. The number of Topliss-reactive ketones (excluding diaryl/α,β-unsaturated/α-hetero) is 1. The SMILES string of the molecule is COCC(=O)[C@@H](C(=N)C(F)(F)F)C(=O)OC. The van der Waals surface area contributed by atoms with Gasteiger partial charge in [-0.3, -0.25) is 15.0 Å². The fourth-order valence-corrected chi connectivity index (χ4v) is 0.917. The maximum Gasteiger partial charge on any atom is 0.430 e. The third-order valence-electron chi connectivity index (χ3n) is 1.64. The molecule has 8 heteroatoms. The van der Waals surface area contributed by atoms with E-state index in [4.69, 9.17) is 5.41 Å². The van der Waals surface area contributed by atoms with Crippen molar-refractivity contribution in [3.05, 3.63) is 0 Å². The quantitative estimate of drug-likeness (QED) is 0.433. The molecule has 0 heterocycles. The molecule has 0 unspecified atom stereocenters. The average Bonchev–Trinajstić information content (AvgIpc) is 2.16. The summed E-state index contributed by atoms with van der Waals surface area (Å²) in [6.45, 7) is -0.696. The number of nitrogens with one attached hydrogen (secondary N) is 1. The van der Waals surface area contributed by atoms with Crippen molar-refractivity contribution in [2.45, 2.75) is 6.18 Å². The maximum absolute atomic E-state index is 12.2. The molecule has 0 saturated heterocycles. The van der Waals surface area contributed by atoms with E-state index in [2.05, 4.69) is 9.47 Å². The molecule has 0 amide bonds. The standard InChI is InChI=1S/C8H10F3NO4/c1-15-3-4(13)5(7(14)16-2)6(12)8(9,10)11/h5,12H,3H2,1-2H3/t5-/m0/s1. The van der Waals surface area contributed by atoms with Crippen molar-refractivity contribution in [2.75, 3.05) is 20.8 Å². The highest BCUT2D eigenvalue weighted by atomic mass is 19.4. The minimum atomic E-state index is -5.05. The van der Waals surface area contributed by atoms with Crippen molar-refractivity contribution in [3.8, 4) is 0 Å². The van der Waals surface area contributed by atoms with E-state index in [1.54, 1.807) is 0 Å². The Hall–Kier alpha value is -1.44. The normalized spacial score (nSPS) is 13.1. The molecule has 1 N–H and O–H groups in total. The zero-order chi connectivity index (χ0) is 12.9. The molecule has 16 heavy (non-hydrogen) atoms. The second-order valence-corrected chi connectivity index (χ2v) is 2.77. The number of alkyl halides is 3. The number of hydrogen-bond acceptors (Lipinski definition) is 5. The van der Waals surface area contributed by atoms with Gasteiger partial charge in [-0.15, -0.1) is 0 Å². The van der Waals surface area contributed by atoms with Gasteiger partial charge in [0.2, 0.25) is 0 Å². The van der Waals surface area contributed by atoms with Crippen LogP contribution in [0.15, 0.2) is 0 Å². The highest BCUT2D eigenvalue weighted by Gasteiger charge is 2.46.